The Morgan fingerprint density at radius 3 is 2.35 bits per heavy atom. The van der Waals surface area contributed by atoms with Crippen LogP contribution in [0.2, 0.25) is 0 Å². The zero-order valence-corrected chi connectivity index (χ0v) is 23.4. The highest BCUT2D eigenvalue weighted by atomic mass is 15.0. The van der Waals surface area contributed by atoms with Gasteiger partial charge in [0.1, 0.15) is 0 Å². The van der Waals surface area contributed by atoms with E-state index in [4.69, 9.17) is 4.99 Å². The second-order valence-electron chi connectivity index (χ2n) is 11.4. The fourth-order valence-electron chi connectivity index (χ4n) is 6.96. The van der Waals surface area contributed by atoms with Crippen molar-refractivity contribution in [2.75, 3.05) is 0 Å². The van der Waals surface area contributed by atoms with Crippen molar-refractivity contribution < 1.29 is 0 Å². The Kier molecular flexibility index (Phi) is 5.32. The van der Waals surface area contributed by atoms with Gasteiger partial charge in [0.2, 0.25) is 0 Å². The van der Waals surface area contributed by atoms with E-state index in [-0.39, 0.29) is 12.0 Å². The van der Waals surface area contributed by atoms with Gasteiger partial charge in [0.15, 0.2) is 0 Å². The molecular formula is C40H27N3. The molecule has 2 unspecified atom stereocenters. The lowest BCUT2D eigenvalue weighted by Gasteiger charge is -2.25. The molecule has 0 amide bonds. The fraction of sp³-hybridized carbons (Fsp3) is 0.0500. The van der Waals surface area contributed by atoms with E-state index >= 15 is 0 Å². The van der Waals surface area contributed by atoms with Crippen LogP contribution in [-0.2, 0) is 0 Å². The van der Waals surface area contributed by atoms with Crippen LogP contribution in [0.25, 0.3) is 66.6 Å². The predicted molar refractivity (Wildman–Crippen MR) is 180 cm³/mol. The highest BCUT2D eigenvalue weighted by molar-refractivity contribution is 5.99. The number of para-hydroxylation sites is 1. The van der Waals surface area contributed by atoms with E-state index in [9.17, 15) is 0 Å². The third-order valence-electron chi connectivity index (χ3n) is 8.99. The topological polar surface area (TPSA) is 30.2 Å². The summed E-state index contributed by atoms with van der Waals surface area (Å²) in [7, 11) is 0. The summed E-state index contributed by atoms with van der Waals surface area (Å²) in [4.78, 5) is 9.51. The number of allylic oxidation sites excluding steroid dienone is 1. The first kappa shape index (κ1) is 24.1. The van der Waals surface area contributed by atoms with Crippen molar-refractivity contribution in [2.45, 2.75) is 6.04 Å². The Morgan fingerprint density at radius 1 is 0.628 bits per heavy atom. The molecule has 0 N–H and O–H groups in total. The number of hydrogen-bond donors (Lipinski definition) is 0. The lowest BCUT2D eigenvalue weighted by Crippen LogP contribution is -2.14. The number of fused-ring (bicyclic) bond motifs is 7. The Bertz CT molecular complexity index is 2300. The summed E-state index contributed by atoms with van der Waals surface area (Å²) in [5, 5.41) is 4.90. The van der Waals surface area contributed by atoms with Gasteiger partial charge < -0.3 is 4.57 Å². The van der Waals surface area contributed by atoms with Crippen LogP contribution < -0.4 is 0 Å². The minimum absolute atomic E-state index is 0.0898. The SMILES string of the molecule is C1=CC2C=Cc3c(c4cc(-c5ccc6cc(-c7cccc8ncccc78)ccc6c5)ccc4n3-c3ccccc3)C2N=C1. The third-order valence-corrected chi connectivity index (χ3v) is 8.99. The lowest BCUT2D eigenvalue weighted by molar-refractivity contribution is 0.614. The molecule has 0 saturated heterocycles. The van der Waals surface area contributed by atoms with Crippen LogP contribution in [0.5, 0.6) is 0 Å². The van der Waals surface area contributed by atoms with Crippen LogP contribution in [0.3, 0.4) is 0 Å². The zero-order chi connectivity index (χ0) is 28.3. The molecule has 9 rings (SSSR count). The molecule has 2 aliphatic rings. The average Bonchev–Trinajstić information content (AvgIpc) is 3.42. The van der Waals surface area contributed by atoms with Gasteiger partial charge in [0.05, 0.1) is 22.8 Å². The second-order valence-corrected chi connectivity index (χ2v) is 11.4. The van der Waals surface area contributed by atoms with Gasteiger partial charge in [-0.05, 0) is 93.7 Å². The minimum atomic E-state index is 0.0898. The molecule has 0 spiro atoms. The van der Waals surface area contributed by atoms with Crippen LogP contribution in [0.4, 0.5) is 0 Å². The average molecular weight is 550 g/mol. The van der Waals surface area contributed by atoms with Gasteiger partial charge in [-0.3, -0.25) is 9.98 Å². The molecule has 0 saturated carbocycles. The molecule has 7 aromatic rings. The molecule has 43 heavy (non-hydrogen) atoms. The first-order valence-electron chi connectivity index (χ1n) is 14.8. The van der Waals surface area contributed by atoms with E-state index in [2.05, 4.69) is 143 Å². The van der Waals surface area contributed by atoms with Crippen molar-refractivity contribution in [3.8, 4) is 27.9 Å². The summed E-state index contributed by atoms with van der Waals surface area (Å²) in [6.07, 6.45) is 12.7. The van der Waals surface area contributed by atoms with Crippen LogP contribution in [0.15, 0.2) is 145 Å². The van der Waals surface area contributed by atoms with Crippen LogP contribution >= 0.6 is 0 Å². The van der Waals surface area contributed by atoms with Crippen molar-refractivity contribution in [1.29, 1.82) is 0 Å². The number of aromatic nitrogens is 2. The number of benzene rings is 5. The van der Waals surface area contributed by atoms with E-state index in [1.165, 1.54) is 66.3 Å². The number of aliphatic imine (C=N–C) groups is 1. The molecule has 1 aliphatic carbocycles. The van der Waals surface area contributed by atoms with Gasteiger partial charge >= 0.3 is 0 Å². The van der Waals surface area contributed by atoms with Crippen molar-refractivity contribution >= 4 is 44.9 Å². The number of hydrogen-bond acceptors (Lipinski definition) is 2. The monoisotopic (exact) mass is 549 g/mol. The van der Waals surface area contributed by atoms with Crippen molar-refractivity contribution in [2.24, 2.45) is 10.9 Å². The maximum absolute atomic E-state index is 4.97. The molecule has 2 atom stereocenters. The second kappa shape index (κ2) is 9.50. The van der Waals surface area contributed by atoms with Gasteiger partial charge in [-0.2, -0.15) is 0 Å². The van der Waals surface area contributed by atoms with Gasteiger partial charge in [-0.1, -0.05) is 78.9 Å². The number of dihydropyridines is 1. The van der Waals surface area contributed by atoms with Gasteiger partial charge in [-0.15, -0.1) is 0 Å². The Morgan fingerprint density at radius 2 is 1.44 bits per heavy atom. The van der Waals surface area contributed by atoms with Gasteiger partial charge in [0.25, 0.3) is 0 Å². The summed E-state index contributed by atoms with van der Waals surface area (Å²) in [5.41, 5.74) is 10.8. The molecule has 3 nitrogen and oxygen atoms in total. The standard InChI is InChI=1S/C40H27N3/c1-2-8-32(9-3-1)43-37-19-18-30(25-35(37)39-38(43)20-17-26-7-5-22-42-40(26)39)28-13-14-29-24-31(16-15-27(29)23-28)33-10-4-12-36-34(33)11-6-21-41-36/h1-26,40H. The number of rotatable bonds is 3. The highest BCUT2D eigenvalue weighted by Crippen LogP contribution is 2.45. The van der Waals surface area contributed by atoms with E-state index in [0.29, 0.717) is 0 Å². The third kappa shape index (κ3) is 3.82. The summed E-state index contributed by atoms with van der Waals surface area (Å²) >= 11 is 0. The smallest absolute Gasteiger partial charge is 0.0873 e. The van der Waals surface area contributed by atoms with E-state index in [0.717, 1.165) is 5.52 Å². The Hall–Kier alpha value is -5.54. The molecule has 0 radical (unpaired) electrons. The molecular weight excluding hydrogens is 522 g/mol. The maximum Gasteiger partial charge on any atom is 0.0873 e. The molecule has 2 aromatic heterocycles. The first-order chi connectivity index (χ1) is 21.3. The molecule has 0 bridgehead atoms. The number of nitrogens with zero attached hydrogens (tertiary/aromatic N) is 3. The Labute approximate surface area is 249 Å². The quantitative estimate of drug-likeness (QED) is 0.216. The summed E-state index contributed by atoms with van der Waals surface area (Å²) in [6, 6.07) is 41.7. The Balaban J connectivity index is 1.18. The molecule has 3 heteroatoms. The molecule has 202 valence electrons. The summed E-state index contributed by atoms with van der Waals surface area (Å²) in [5.74, 6) is 0.281. The van der Waals surface area contributed by atoms with E-state index in [1.807, 2.05) is 18.5 Å². The van der Waals surface area contributed by atoms with Crippen molar-refractivity contribution in [1.82, 2.24) is 9.55 Å². The lowest BCUT2D eigenvalue weighted by atomic mass is 9.85. The fourth-order valence-corrected chi connectivity index (χ4v) is 6.96. The summed E-state index contributed by atoms with van der Waals surface area (Å²) in [6.45, 7) is 0. The maximum atomic E-state index is 4.97. The van der Waals surface area contributed by atoms with E-state index in [1.54, 1.807) is 0 Å². The van der Waals surface area contributed by atoms with Crippen LogP contribution in [0.1, 0.15) is 17.3 Å². The highest BCUT2D eigenvalue weighted by Gasteiger charge is 2.31. The molecule has 0 fully saturated rings. The van der Waals surface area contributed by atoms with Crippen molar-refractivity contribution in [3.63, 3.8) is 0 Å². The zero-order valence-electron chi connectivity index (χ0n) is 23.4. The van der Waals surface area contributed by atoms with Crippen molar-refractivity contribution in [3.05, 3.63) is 151 Å². The van der Waals surface area contributed by atoms with Gasteiger partial charge in [0, 0.05) is 40.4 Å². The first-order valence-corrected chi connectivity index (χ1v) is 14.8. The largest absolute Gasteiger partial charge is 0.310 e. The molecule has 5 aromatic carbocycles. The summed E-state index contributed by atoms with van der Waals surface area (Å²) < 4.78 is 2.39. The van der Waals surface area contributed by atoms with Gasteiger partial charge in [-0.25, -0.2) is 0 Å². The number of pyridine rings is 1. The van der Waals surface area contributed by atoms with E-state index < -0.39 is 0 Å². The predicted octanol–water partition coefficient (Wildman–Crippen LogP) is 9.99. The molecule has 1 aliphatic heterocycles. The van der Waals surface area contributed by atoms with Crippen LogP contribution in [0, 0.1) is 5.92 Å². The minimum Gasteiger partial charge on any atom is -0.310 e. The molecule has 3 heterocycles. The normalized spacial score (nSPS) is 17.0. The van der Waals surface area contributed by atoms with Crippen LogP contribution in [-0.4, -0.2) is 15.8 Å².